The first-order valence-corrected chi connectivity index (χ1v) is 45.2. The summed E-state index contributed by atoms with van der Waals surface area (Å²) in [5, 5.41) is 68.3. The zero-order valence-corrected chi connectivity index (χ0v) is 76.1. The van der Waals surface area contributed by atoms with E-state index in [1.54, 1.807) is 92.8 Å². The number of aromatic nitrogens is 2. The van der Waals surface area contributed by atoms with E-state index in [-0.39, 0.29) is 70.9 Å². The molecule has 0 spiro atoms. The van der Waals surface area contributed by atoms with E-state index in [0.717, 1.165) is 36.3 Å². The smallest absolute Gasteiger partial charge is 0.305 e. The van der Waals surface area contributed by atoms with Crippen molar-refractivity contribution in [2.45, 2.75) is 227 Å². The molecule has 8 rings (SSSR count). The number of nitrogens with one attached hydrogen (secondary N) is 12. The number of nitrogens with two attached hydrogens (primary N) is 3. The van der Waals surface area contributed by atoms with Crippen LogP contribution in [0.5, 0.6) is 5.75 Å². The number of unbranched alkanes of at least 4 members (excludes halogenated alkanes) is 2. The predicted molar refractivity (Wildman–Crippen MR) is 482 cm³/mol. The maximum absolute atomic E-state index is 15.7. The number of carbonyl (C=O) groups excluding carboxylic acids is 16. The van der Waals surface area contributed by atoms with Crippen molar-refractivity contribution >= 4 is 146 Å². The number of primary amides is 1. The van der Waals surface area contributed by atoms with Crippen LogP contribution >= 0.6 is 11.8 Å². The molecule has 3 aliphatic heterocycles. The predicted octanol–water partition coefficient (Wildman–Crippen LogP) is -3.26. The van der Waals surface area contributed by atoms with Crippen molar-refractivity contribution in [2.75, 3.05) is 72.5 Å². The number of aliphatic hydroxyl groups is 1. The number of H-pyrrole nitrogens is 2. The second-order valence-corrected chi connectivity index (χ2v) is 34.2. The van der Waals surface area contributed by atoms with Crippen LogP contribution in [-0.2, 0) is 110 Å². The number of hydrogen-bond donors (Lipinski definition) is 19. The zero-order chi connectivity index (χ0) is 97.6. The van der Waals surface area contributed by atoms with Gasteiger partial charge in [-0.25, -0.2) is 0 Å². The van der Waals surface area contributed by atoms with E-state index >= 15 is 33.6 Å². The molecule has 16 amide bonds. The number of hydrogen-bond acceptors (Lipinski definition) is 24. The van der Waals surface area contributed by atoms with E-state index in [2.05, 4.69) is 63.1 Å². The number of fused-ring (bicyclic) bond motifs is 4. The highest BCUT2D eigenvalue weighted by Crippen LogP contribution is 2.28. The lowest BCUT2D eigenvalue weighted by Crippen LogP contribution is -2.61. The average Bonchev–Trinajstić information content (AvgIpc) is 1.54. The van der Waals surface area contributed by atoms with Gasteiger partial charge < -0.3 is 130 Å². The van der Waals surface area contributed by atoms with Crippen molar-refractivity contribution in [3.63, 3.8) is 0 Å². The molecule has 0 radical (unpaired) electrons. The van der Waals surface area contributed by atoms with E-state index in [1.807, 2.05) is 0 Å². The molecule has 0 aliphatic carbocycles. The SMILES string of the molecule is CCCC[C@H]1C(=O)N(C)[C@@H](CCCC)C(=O)N[C@@H](CCC(=O)O)C(=O)N[C@H](C(=O)NCC(N)=O)CSCC(=O)N[C@@H](Cc2ccc(OC)cc2)C(=O)N(C)[C@@H](C)C(=O)N[C@@H](CCN)C(=O)N2CCC[C@H]2C(=O)NC(CN)C(=O)NC(CCC(=O)O)C(=O)N2C[C@H](O)C[C@H]2C(=O)N[C@@H](Cc2c[nH]c3ccccc23)C(=O)N[C@@H](CC(=O)O)C(=O)N[C@@H](Cc2c[nH]c3ccccc23)C(=O)N1C. The van der Waals surface area contributed by atoms with Crippen molar-refractivity contribution in [1.82, 2.24) is 87.6 Å². The van der Waals surface area contributed by atoms with Crippen LogP contribution in [0.4, 0.5) is 0 Å². The normalized spacial score (nSPS) is 24.9. The van der Waals surface area contributed by atoms with Gasteiger partial charge in [-0.05, 0) is 99.4 Å². The highest BCUT2D eigenvalue weighted by atomic mass is 32.2. The number of ether oxygens (including phenoxy) is 1. The molecule has 15 atom stereocenters. The number of rotatable bonds is 27. The summed E-state index contributed by atoms with van der Waals surface area (Å²) in [5.41, 5.74) is 20.0. The van der Waals surface area contributed by atoms with Crippen LogP contribution in [0, 0.1) is 0 Å². The summed E-state index contributed by atoms with van der Waals surface area (Å²) in [6.45, 7) is 2.55. The Morgan fingerprint density at radius 1 is 0.511 bits per heavy atom. The van der Waals surface area contributed by atoms with Gasteiger partial charge in [0.2, 0.25) is 94.5 Å². The minimum absolute atomic E-state index is 0.00668. The molecular weight excluding hydrogens is 1750 g/mol. The highest BCUT2D eigenvalue weighted by Gasteiger charge is 2.47. The fourth-order valence-electron chi connectivity index (χ4n) is 16.1. The maximum atomic E-state index is 15.7. The van der Waals surface area contributed by atoms with Gasteiger partial charge in [0.15, 0.2) is 0 Å². The molecule has 5 aromatic rings. The third-order valence-electron chi connectivity index (χ3n) is 23.6. The third kappa shape index (κ3) is 29.3. The van der Waals surface area contributed by atoms with Crippen molar-refractivity contribution in [1.29, 1.82) is 0 Å². The Labute approximate surface area is 770 Å². The van der Waals surface area contributed by atoms with E-state index in [0.29, 0.717) is 57.1 Å². The Kier molecular flexibility index (Phi) is 39.8. The van der Waals surface area contributed by atoms with Crippen LogP contribution in [0.15, 0.2) is 85.2 Å². The molecule has 2 unspecified atom stereocenters. The monoisotopic (exact) mass is 1870 g/mol. The van der Waals surface area contributed by atoms with Gasteiger partial charge in [0, 0.05) is 119 Å². The summed E-state index contributed by atoms with van der Waals surface area (Å²) in [7, 11) is 5.20. The molecule has 44 nitrogen and oxygen atoms in total. The molecule has 2 aromatic heterocycles. The van der Waals surface area contributed by atoms with Crippen LogP contribution < -0.4 is 75.1 Å². The molecule has 724 valence electrons. The first-order valence-electron chi connectivity index (χ1n) is 44.1. The van der Waals surface area contributed by atoms with Crippen molar-refractivity contribution in [3.8, 4) is 5.75 Å². The summed E-state index contributed by atoms with van der Waals surface area (Å²) < 4.78 is 5.32. The standard InChI is InChI=1S/C88H122N20O24S/c1-8-10-21-66-81(124)96-57(28-30-72(112)113)77(120)103-65(76(119)94-43-70(91)110)45-133-46-71(111)95-62(35-48-24-26-52(132-7)27-25-48)84(127)104(4)47(3)75(118)97-59(32-33-89)86(129)107-34-16-23-67(107)82(125)102-64(40-90)80(123)98-58(29-31-73(114)115)87(130)108-44-51(109)38-69(108)83(126)100-60(36-49-41-92-55-19-14-12-17-53(49)55)78(121)99-61(39-74(116)117)79(122)101-63(37-50-42-93-56-20-15-13-18-54(50)56)85(128)106(6)68(22-11-9-2)88(131)105(66)5/h12-15,17-20,24-27,41-42,47,51,57-69,92-93,109H,8-11,16,21-23,28-40,43-46,89-90H2,1-7H3,(H2,91,110)(H,94,119)(H,95,111)(H,96,124)(H,97,118)(H,98,123)(H,99,121)(H,100,126)(H,101,122)(H,102,125)(H,103,120)(H,112,113)(H,114,115)(H,116,117)/t47-,51+,57-,58?,59-,60-,61-,62-,63-,64?,65-,66-,67-,68-,69-/m0/s1. The van der Waals surface area contributed by atoms with E-state index in [4.69, 9.17) is 21.9 Å². The van der Waals surface area contributed by atoms with Crippen molar-refractivity contribution in [3.05, 3.63) is 102 Å². The number of carboxylic acids is 3. The summed E-state index contributed by atoms with van der Waals surface area (Å²) in [5.74, 6) is -21.5. The second-order valence-electron chi connectivity index (χ2n) is 33.2. The molecule has 3 aliphatic rings. The number of carbonyl (C=O) groups is 19. The van der Waals surface area contributed by atoms with Gasteiger partial charge >= 0.3 is 17.9 Å². The number of carboxylic acid groups (broad SMARTS) is 3. The Balaban J connectivity index is 1.20. The number of aromatic amines is 2. The van der Waals surface area contributed by atoms with Crippen LogP contribution in [0.25, 0.3) is 21.8 Å². The number of benzene rings is 3. The summed E-state index contributed by atoms with van der Waals surface area (Å²) in [4.78, 5) is 284. The van der Waals surface area contributed by atoms with Gasteiger partial charge in [0.1, 0.15) is 90.3 Å². The second kappa shape index (κ2) is 50.4. The molecule has 22 N–H and O–H groups in total. The lowest BCUT2D eigenvalue weighted by molar-refractivity contribution is -0.149. The molecule has 45 heteroatoms. The number of aliphatic carboxylic acids is 3. The zero-order valence-electron chi connectivity index (χ0n) is 75.3. The molecule has 3 saturated heterocycles. The van der Waals surface area contributed by atoms with Crippen molar-refractivity contribution in [2.24, 2.45) is 17.2 Å². The average molecular weight is 1880 g/mol. The van der Waals surface area contributed by atoms with Gasteiger partial charge in [-0.3, -0.25) is 91.1 Å². The number of likely N-dealkylation sites (N-methyl/N-ethyl adjacent to an activating group) is 3. The molecule has 3 aromatic carbocycles. The van der Waals surface area contributed by atoms with Gasteiger partial charge in [-0.2, -0.15) is 0 Å². The first kappa shape index (κ1) is 105. The van der Waals surface area contributed by atoms with Gasteiger partial charge in [0.25, 0.3) is 0 Å². The summed E-state index contributed by atoms with van der Waals surface area (Å²) in [6, 6.07) is -3.12. The number of amides is 16. The van der Waals surface area contributed by atoms with Crippen LogP contribution in [0.3, 0.4) is 0 Å². The quantitative estimate of drug-likeness (QED) is 0.0245. The van der Waals surface area contributed by atoms with E-state index in [9.17, 15) is 78.0 Å². The lowest BCUT2D eigenvalue weighted by Gasteiger charge is -2.36. The minimum atomic E-state index is -2.10. The summed E-state index contributed by atoms with van der Waals surface area (Å²) >= 11 is 0.726. The topological polar surface area (TPSA) is 661 Å². The molecule has 5 heterocycles. The first-order chi connectivity index (χ1) is 63.3. The van der Waals surface area contributed by atoms with Crippen molar-refractivity contribution < 1.29 is 116 Å². The lowest BCUT2D eigenvalue weighted by atomic mass is 9.99. The molecule has 133 heavy (non-hydrogen) atoms. The largest absolute Gasteiger partial charge is 0.497 e. The molecule has 0 bridgehead atoms. The number of aliphatic hydroxyl groups excluding tert-OH is 1. The van der Waals surface area contributed by atoms with Crippen LogP contribution in [0.2, 0.25) is 0 Å². The van der Waals surface area contributed by atoms with Gasteiger partial charge in [-0.15, -0.1) is 11.8 Å². The number of thioether (sulfide) groups is 1. The molecule has 0 saturated carbocycles. The minimum Gasteiger partial charge on any atom is -0.497 e. The Hall–Kier alpha value is -13.3. The summed E-state index contributed by atoms with van der Waals surface area (Å²) in [6.07, 6.45) is -2.86. The Morgan fingerprint density at radius 2 is 1.01 bits per heavy atom. The number of methoxy groups -OCH3 is 1. The highest BCUT2D eigenvalue weighted by molar-refractivity contribution is 8.00. The van der Waals surface area contributed by atoms with Gasteiger partial charge in [0.05, 0.1) is 31.9 Å². The van der Waals surface area contributed by atoms with Crippen LogP contribution in [0.1, 0.15) is 134 Å². The fourth-order valence-corrected chi connectivity index (χ4v) is 17.0. The maximum Gasteiger partial charge on any atom is 0.305 e. The molecular formula is C88H122N20O24S. The van der Waals surface area contributed by atoms with E-state index < -0.39 is 279 Å². The van der Waals surface area contributed by atoms with Gasteiger partial charge in [-0.1, -0.05) is 88.1 Å². The number of nitrogens with zero attached hydrogens (tertiary/aromatic N) is 5. The van der Waals surface area contributed by atoms with Crippen LogP contribution in [-0.4, -0.2) is 330 Å². The third-order valence-corrected chi connectivity index (χ3v) is 24.7. The van der Waals surface area contributed by atoms with E-state index in [1.165, 1.54) is 41.4 Å². The number of para-hydroxylation sites is 2. The fraction of sp³-hybridized carbons (Fsp3) is 0.534. The molecule has 3 fully saturated rings. The Morgan fingerprint density at radius 3 is 1.59 bits per heavy atom. The Bertz CT molecular complexity index is 5030.